The monoisotopic (exact) mass is 323 g/mol. The van der Waals surface area contributed by atoms with Crippen LogP contribution in [-0.2, 0) is 27.5 Å². The van der Waals surface area contributed by atoms with Gasteiger partial charge in [0.15, 0.2) is 0 Å². The summed E-state index contributed by atoms with van der Waals surface area (Å²) in [7, 11) is 2.58. The van der Waals surface area contributed by atoms with Gasteiger partial charge in [0.1, 0.15) is 12.1 Å². The van der Waals surface area contributed by atoms with Gasteiger partial charge in [-0.3, -0.25) is 4.79 Å². The molecule has 0 bridgehead atoms. The van der Waals surface area contributed by atoms with Crippen LogP contribution < -0.4 is 5.32 Å². The number of hydrogen-bond acceptors (Lipinski definition) is 7. The second-order valence-electron chi connectivity index (χ2n) is 4.86. The number of rotatable bonds is 7. The van der Waals surface area contributed by atoms with Crippen LogP contribution in [0.25, 0.3) is 0 Å². The molecule has 0 spiro atoms. The summed E-state index contributed by atoms with van der Waals surface area (Å²) in [4.78, 5) is 10.7. The lowest BCUT2D eigenvalue weighted by atomic mass is 10.2. The van der Waals surface area contributed by atoms with Crippen LogP contribution in [0.5, 0.6) is 0 Å². The second kappa shape index (κ2) is 8.78. The third-order valence-corrected chi connectivity index (χ3v) is 5.67. The molecule has 0 amide bonds. The van der Waals surface area contributed by atoms with Gasteiger partial charge in [-0.25, -0.2) is 0 Å². The zero-order chi connectivity index (χ0) is 15.9. The number of nitrogens with one attached hydrogen (secondary N) is 1. The lowest BCUT2D eigenvalue weighted by Crippen LogP contribution is -2.40. The highest BCUT2D eigenvalue weighted by Crippen LogP contribution is 2.16. The molecule has 3 atom stereocenters. The van der Waals surface area contributed by atoms with Crippen molar-refractivity contribution in [3.05, 3.63) is 0 Å². The molecule has 2 rings (SSSR count). The maximum Gasteiger partial charge on any atom is 0.496 e. The van der Waals surface area contributed by atoms with Crippen LogP contribution in [0.2, 0.25) is 6.55 Å². The quantitative estimate of drug-likeness (QED) is 0.487. The van der Waals surface area contributed by atoms with E-state index in [0.29, 0.717) is 13.2 Å². The summed E-state index contributed by atoms with van der Waals surface area (Å²) in [6, 6.07) is -0.543. The van der Waals surface area contributed by atoms with E-state index >= 15 is 0 Å². The van der Waals surface area contributed by atoms with Gasteiger partial charge in [-0.1, -0.05) is 0 Å². The second-order valence-corrected chi connectivity index (χ2v) is 7.81. The van der Waals surface area contributed by atoms with E-state index in [2.05, 4.69) is 5.32 Å². The van der Waals surface area contributed by atoms with E-state index in [1.165, 1.54) is 0 Å². The van der Waals surface area contributed by atoms with Crippen molar-refractivity contribution in [3.8, 4) is 0 Å². The predicted molar refractivity (Wildman–Crippen MR) is 76.2 cm³/mol. The first kappa shape index (κ1) is 18.5. The largest absolute Gasteiger partial charge is 0.496 e. The standard InChI is InChI=1S/C8H13NO4.C4H12O3Si/c10-8(11)7-6(1-2-9-7)13-4-5-3-12-5;1-5-8(4,6-2)7-3/h5-7,9H,1-4H2,(H,10,11);1-4H3/t5?,6?,7-;/m0./s1. The Kier molecular flexibility index (Phi) is 7.74. The van der Waals surface area contributed by atoms with Crippen molar-refractivity contribution in [2.45, 2.75) is 31.2 Å². The van der Waals surface area contributed by atoms with Crippen molar-refractivity contribution < 1.29 is 32.7 Å². The van der Waals surface area contributed by atoms with E-state index in [4.69, 9.17) is 27.9 Å². The van der Waals surface area contributed by atoms with E-state index < -0.39 is 20.8 Å². The average Bonchev–Trinajstić information content (AvgIpc) is 3.20. The van der Waals surface area contributed by atoms with Gasteiger partial charge in [-0.05, 0) is 13.0 Å². The van der Waals surface area contributed by atoms with Crippen molar-refractivity contribution in [3.63, 3.8) is 0 Å². The highest BCUT2D eigenvalue weighted by Gasteiger charge is 2.35. The molecule has 2 saturated heterocycles. The van der Waals surface area contributed by atoms with Crippen LogP contribution >= 0.6 is 0 Å². The highest BCUT2D eigenvalue weighted by molar-refractivity contribution is 6.58. The lowest BCUT2D eigenvalue weighted by Gasteiger charge is -2.18. The lowest BCUT2D eigenvalue weighted by molar-refractivity contribution is -0.142. The van der Waals surface area contributed by atoms with Crippen LogP contribution in [0.15, 0.2) is 0 Å². The van der Waals surface area contributed by atoms with Gasteiger partial charge in [0.2, 0.25) is 0 Å². The van der Waals surface area contributed by atoms with E-state index in [0.717, 1.165) is 13.0 Å². The Labute approximate surface area is 126 Å². The first-order valence-corrected chi connectivity index (χ1v) is 9.03. The van der Waals surface area contributed by atoms with Crippen molar-refractivity contribution in [1.29, 1.82) is 0 Å². The molecule has 0 aromatic carbocycles. The minimum atomic E-state index is -2.17. The van der Waals surface area contributed by atoms with E-state index in [9.17, 15) is 4.79 Å². The Morgan fingerprint density at radius 2 is 1.90 bits per heavy atom. The fraction of sp³-hybridized carbons (Fsp3) is 0.917. The molecule has 2 aliphatic rings. The van der Waals surface area contributed by atoms with E-state index in [-0.39, 0.29) is 12.2 Å². The number of carboxylic acids is 1. The summed E-state index contributed by atoms with van der Waals surface area (Å²) in [5.74, 6) is -0.834. The SMILES string of the molecule is CO[Si](C)(OC)OC.O=C(O)[C@H]1NCCC1OCC1CO1. The number of carbonyl (C=O) groups is 1. The van der Waals surface area contributed by atoms with Crippen LogP contribution in [0.3, 0.4) is 0 Å². The Morgan fingerprint density at radius 1 is 1.33 bits per heavy atom. The summed E-state index contributed by atoms with van der Waals surface area (Å²) in [5.41, 5.74) is 0. The fourth-order valence-electron chi connectivity index (χ4n) is 1.75. The Hall–Kier alpha value is -0.553. The molecule has 9 heteroatoms. The smallest absolute Gasteiger partial charge is 0.480 e. The Bertz CT molecular complexity index is 314. The van der Waals surface area contributed by atoms with Gasteiger partial charge in [0.05, 0.1) is 19.3 Å². The molecule has 8 nitrogen and oxygen atoms in total. The molecule has 0 saturated carbocycles. The van der Waals surface area contributed by atoms with Gasteiger partial charge in [0.25, 0.3) is 0 Å². The molecule has 2 unspecified atom stereocenters. The first-order valence-electron chi connectivity index (χ1n) is 6.80. The molecule has 0 radical (unpaired) electrons. The van der Waals surface area contributed by atoms with Crippen molar-refractivity contribution >= 4 is 14.8 Å². The Balaban J connectivity index is 0.000000240. The van der Waals surface area contributed by atoms with Gasteiger partial charge in [0, 0.05) is 27.9 Å². The number of ether oxygens (including phenoxy) is 2. The van der Waals surface area contributed by atoms with Crippen molar-refractivity contribution in [1.82, 2.24) is 5.32 Å². The molecule has 2 heterocycles. The third kappa shape index (κ3) is 6.39. The molecule has 2 aliphatic heterocycles. The summed E-state index contributed by atoms with van der Waals surface area (Å²) in [6.45, 7) is 3.81. The summed E-state index contributed by atoms with van der Waals surface area (Å²) >= 11 is 0. The molecule has 0 aromatic heterocycles. The minimum absolute atomic E-state index is 0.193. The molecule has 0 aromatic rings. The summed E-state index contributed by atoms with van der Waals surface area (Å²) in [6.07, 6.45) is 0.778. The number of aliphatic carboxylic acids is 1. The van der Waals surface area contributed by atoms with Gasteiger partial charge < -0.3 is 33.2 Å². The molecule has 0 aliphatic carbocycles. The predicted octanol–water partition coefficient (Wildman–Crippen LogP) is -0.289. The number of hydrogen-bond donors (Lipinski definition) is 2. The Morgan fingerprint density at radius 3 is 2.29 bits per heavy atom. The summed E-state index contributed by atoms with van der Waals surface area (Å²) in [5, 5.41) is 11.7. The molecule has 2 fully saturated rings. The molecular weight excluding hydrogens is 298 g/mol. The average molecular weight is 323 g/mol. The van der Waals surface area contributed by atoms with Crippen LogP contribution in [0.4, 0.5) is 0 Å². The third-order valence-electron chi connectivity index (χ3n) is 3.44. The maximum absolute atomic E-state index is 10.7. The zero-order valence-electron chi connectivity index (χ0n) is 13.0. The zero-order valence-corrected chi connectivity index (χ0v) is 14.0. The molecule has 21 heavy (non-hydrogen) atoms. The van der Waals surface area contributed by atoms with Crippen LogP contribution in [0, 0.1) is 0 Å². The van der Waals surface area contributed by atoms with E-state index in [1.54, 1.807) is 21.3 Å². The van der Waals surface area contributed by atoms with Crippen molar-refractivity contribution in [2.75, 3.05) is 41.1 Å². The maximum atomic E-state index is 10.7. The molecule has 2 N–H and O–H groups in total. The summed E-state index contributed by atoms with van der Waals surface area (Å²) < 4.78 is 25.2. The minimum Gasteiger partial charge on any atom is -0.480 e. The number of epoxide rings is 1. The van der Waals surface area contributed by atoms with Crippen LogP contribution in [0.1, 0.15) is 6.42 Å². The molecule has 124 valence electrons. The highest BCUT2D eigenvalue weighted by atomic mass is 28.4. The van der Waals surface area contributed by atoms with Gasteiger partial charge in [-0.15, -0.1) is 0 Å². The van der Waals surface area contributed by atoms with Gasteiger partial charge >= 0.3 is 14.8 Å². The number of carboxylic acid groups (broad SMARTS) is 1. The van der Waals surface area contributed by atoms with Crippen LogP contribution in [-0.4, -0.2) is 79.2 Å². The fourth-order valence-corrected chi connectivity index (χ4v) is 2.25. The topological polar surface area (TPSA) is 98.8 Å². The normalized spacial score (nSPS) is 27.9. The van der Waals surface area contributed by atoms with Crippen molar-refractivity contribution in [2.24, 2.45) is 0 Å². The first-order chi connectivity index (χ1) is 9.95. The van der Waals surface area contributed by atoms with E-state index in [1.807, 2.05) is 6.55 Å². The molecular formula is C12H25NO7Si. The van der Waals surface area contributed by atoms with Gasteiger partial charge in [-0.2, -0.15) is 0 Å².